The Bertz CT molecular complexity index is 729. The highest BCUT2D eigenvalue weighted by Crippen LogP contribution is 2.27. The topological polar surface area (TPSA) is 115 Å². The fourth-order valence-electron chi connectivity index (χ4n) is 1.48. The summed E-state index contributed by atoms with van der Waals surface area (Å²) in [5, 5.41) is 24.3. The molecule has 2 unspecified atom stereocenters. The molecule has 0 saturated heterocycles. The average molecular weight is 334 g/mol. The first-order chi connectivity index (χ1) is 10.7. The quantitative estimate of drug-likeness (QED) is 0.247. The molecule has 0 radical (unpaired) electrons. The summed E-state index contributed by atoms with van der Waals surface area (Å²) in [6.07, 6.45) is 5.76. The Morgan fingerprint density at radius 3 is 2.61 bits per heavy atom. The Hall–Kier alpha value is -2.76. The molecular weight excluding hydrogens is 316 g/mol. The van der Waals surface area contributed by atoms with E-state index in [1.807, 2.05) is 12.1 Å². The van der Waals surface area contributed by atoms with Gasteiger partial charge in [0.15, 0.2) is 5.71 Å². The number of nitrogens with zero attached hydrogens (tertiary/aromatic N) is 3. The molecule has 122 valence electrons. The van der Waals surface area contributed by atoms with Gasteiger partial charge in [0.1, 0.15) is 12.0 Å². The number of hydrogen-bond donors (Lipinski definition) is 1. The summed E-state index contributed by atoms with van der Waals surface area (Å²) in [5.74, 6) is 1.97. The van der Waals surface area contributed by atoms with Gasteiger partial charge in [-0.2, -0.15) is 18.9 Å². The van der Waals surface area contributed by atoms with Gasteiger partial charge in [-0.25, -0.2) is 0 Å². The van der Waals surface area contributed by atoms with Gasteiger partial charge in [-0.05, 0) is 13.3 Å². The van der Waals surface area contributed by atoms with Crippen LogP contribution in [-0.4, -0.2) is 27.4 Å². The third-order valence-corrected chi connectivity index (χ3v) is 2.97. The summed E-state index contributed by atoms with van der Waals surface area (Å²) >= 11 is 0. The fraction of sp³-hybridized carbons (Fsp3) is 0.400. The molecule has 0 amide bonds. The number of hydrogen-bond acceptors (Lipinski definition) is 7. The van der Waals surface area contributed by atoms with Gasteiger partial charge >= 0.3 is 10.1 Å². The van der Waals surface area contributed by atoms with E-state index >= 15 is 0 Å². The van der Waals surface area contributed by atoms with E-state index in [0.29, 0.717) is 6.42 Å². The second-order valence-corrected chi connectivity index (χ2v) is 6.28. The molecule has 0 aromatic heterocycles. The SMILES string of the molecule is C=CCC(C)(/C=C/C(C#N)C#CNC)C(C#N)=NOS(C)(=O)=O. The number of nitriles is 2. The summed E-state index contributed by atoms with van der Waals surface area (Å²) in [6.45, 7) is 5.26. The summed E-state index contributed by atoms with van der Waals surface area (Å²) in [4.78, 5) is 0. The minimum Gasteiger partial charge on any atom is -0.349 e. The minimum atomic E-state index is -3.82. The summed E-state index contributed by atoms with van der Waals surface area (Å²) < 4.78 is 26.4. The zero-order valence-electron chi connectivity index (χ0n) is 13.2. The van der Waals surface area contributed by atoms with Crippen LogP contribution in [0.2, 0.25) is 0 Å². The third kappa shape index (κ3) is 7.71. The molecule has 0 saturated carbocycles. The van der Waals surface area contributed by atoms with E-state index in [1.165, 1.54) is 6.08 Å². The van der Waals surface area contributed by atoms with Crippen molar-refractivity contribution in [3.63, 3.8) is 0 Å². The van der Waals surface area contributed by atoms with Gasteiger partial charge in [0, 0.05) is 18.5 Å². The van der Waals surface area contributed by atoms with E-state index < -0.39 is 21.5 Å². The molecule has 1 N–H and O–H groups in total. The first kappa shape index (κ1) is 20.2. The maximum Gasteiger partial charge on any atom is 0.325 e. The van der Waals surface area contributed by atoms with Crippen LogP contribution in [0.4, 0.5) is 0 Å². The van der Waals surface area contributed by atoms with Crippen molar-refractivity contribution in [1.29, 1.82) is 10.5 Å². The number of nitrogens with one attached hydrogen (secondary N) is 1. The van der Waals surface area contributed by atoms with Crippen molar-refractivity contribution in [2.45, 2.75) is 13.3 Å². The van der Waals surface area contributed by atoms with Crippen molar-refractivity contribution in [1.82, 2.24) is 5.32 Å². The van der Waals surface area contributed by atoms with Gasteiger partial charge in [-0.15, -0.1) is 6.58 Å². The Labute approximate surface area is 137 Å². The van der Waals surface area contributed by atoms with Crippen LogP contribution in [0, 0.1) is 46.0 Å². The maximum atomic E-state index is 11.0. The van der Waals surface area contributed by atoms with Crippen LogP contribution >= 0.6 is 0 Å². The summed E-state index contributed by atoms with van der Waals surface area (Å²) in [6, 6.07) is 6.37. The maximum absolute atomic E-state index is 11.0. The first-order valence-corrected chi connectivity index (χ1v) is 8.28. The predicted octanol–water partition coefficient (Wildman–Crippen LogP) is 1.30. The third-order valence-electron chi connectivity index (χ3n) is 2.63. The molecule has 7 nitrogen and oxygen atoms in total. The van der Waals surface area contributed by atoms with Crippen LogP contribution in [0.25, 0.3) is 0 Å². The van der Waals surface area contributed by atoms with Crippen LogP contribution in [0.3, 0.4) is 0 Å². The van der Waals surface area contributed by atoms with E-state index in [-0.39, 0.29) is 5.71 Å². The van der Waals surface area contributed by atoms with Crippen LogP contribution in [0.1, 0.15) is 13.3 Å². The van der Waals surface area contributed by atoms with E-state index in [9.17, 15) is 13.7 Å². The molecule has 0 fully saturated rings. The predicted molar refractivity (Wildman–Crippen MR) is 87.0 cm³/mol. The molecule has 23 heavy (non-hydrogen) atoms. The molecule has 0 bridgehead atoms. The number of rotatable bonds is 7. The Balaban J connectivity index is 5.67. The molecule has 0 spiro atoms. The second-order valence-electron chi connectivity index (χ2n) is 4.73. The van der Waals surface area contributed by atoms with Gasteiger partial charge < -0.3 is 5.32 Å². The lowest BCUT2D eigenvalue weighted by Gasteiger charge is -2.21. The van der Waals surface area contributed by atoms with Gasteiger partial charge in [0.05, 0.1) is 12.3 Å². The van der Waals surface area contributed by atoms with Gasteiger partial charge in [0.2, 0.25) is 0 Å². The smallest absolute Gasteiger partial charge is 0.325 e. The lowest BCUT2D eigenvalue weighted by atomic mass is 9.81. The summed E-state index contributed by atoms with van der Waals surface area (Å²) in [7, 11) is -2.20. The Morgan fingerprint density at radius 1 is 1.52 bits per heavy atom. The minimum absolute atomic E-state index is 0.155. The zero-order chi connectivity index (χ0) is 17.9. The van der Waals surface area contributed by atoms with Crippen molar-refractivity contribution in [3.05, 3.63) is 24.8 Å². The van der Waals surface area contributed by atoms with E-state index in [0.717, 1.165) is 6.26 Å². The second kappa shape index (κ2) is 9.30. The highest BCUT2D eigenvalue weighted by molar-refractivity contribution is 7.85. The van der Waals surface area contributed by atoms with E-state index in [4.69, 9.17) is 5.26 Å². The van der Waals surface area contributed by atoms with E-state index in [1.54, 1.807) is 26.1 Å². The van der Waals surface area contributed by atoms with Crippen molar-refractivity contribution >= 4 is 15.8 Å². The number of allylic oxidation sites excluding steroid dienone is 3. The van der Waals surface area contributed by atoms with Crippen molar-refractivity contribution in [2.75, 3.05) is 13.3 Å². The Morgan fingerprint density at radius 2 is 2.17 bits per heavy atom. The molecule has 0 aliphatic carbocycles. The molecule has 0 aliphatic heterocycles. The Kier molecular flexibility index (Phi) is 8.18. The normalized spacial score (nSPS) is 15.3. The monoisotopic (exact) mass is 334 g/mol. The zero-order valence-corrected chi connectivity index (χ0v) is 14.0. The molecule has 8 heteroatoms. The lowest BCUT2D eigenvalue weighted by molar-refractivity contribution is 0.337. The lowest BCUT2D eigenvalue weighted by Crippen LogP contribution is -2.25. The van der Waals surface area contributed by atoms with Gasteiger partial charge in [-0.1, -0.05) is 29.3 Å². The average Bonchev–Trinajstić information content (AvgIpc) is 2.47. The van der Waals surface area contributed by atoms with Crippen molar-refractivity contribution in [2.24, 2.45) is 16.5 Å². The highest BCUT2D eigenvalue weighted by atomic mass is 32.2. The molecule has 0 rings (SSSR count). The molecule has 0 aliphatic rings. The molecule has 0 aromatic carbocycles. The van der Waals surface area contributed by atoms with Crippen LogP contribution in [-0.2, 0) is 14.4 Å². The molecule has 0 heterocycles. The standard InChI is InChI=1S/C15H18N4O3S/c1-5-8-15(2,9-6-13(11-16)7-10-18-3)14(12-17)19-22-23(4,20)21/h5-6,9,13,18H,1,8H2,2-4H3/b9-6+,19-14?. The molecular formula is C15H18N4O3S. The highest BCUT2D eigenvalue weighted by Gasteiger charge is 2.28. The fourth-order valence-corrected chi connectivity index (χ4v) is 1.69. The largest absolute Gasteiger partial charge is 0.349 e. The number of oxime groups is 1. The first-order valence-electron chi connectivity index (χ1n) is 6.46. The summed E-state index contributed by atoms with van der Waals surface area (Å²) in [5.41, 5.74) is -1.13. The van der Waals surface area contributed by atoms with Crippen LogP contribution < -0.4 is 5.32 Å². The van der Waals surface area contributed by atoms with Crippen molar-refractivity contribution < 1.29 is 12.7 Å². The van der Waals surface area contributed by atoms with Crippen LogP contribution in [0.5, 0.6) is 0 Å². The van der Waals surface area contributed by atoms with E-state index in [2.05, 4.69) is 33.3 Å². The molecule has 2 atom stereocenters. The van der Waals surface area contributed by atoms with Gasteiger partial charge in [0.25, 0.3) is 0 Å². The van der Waals surface area contributed by atoms with Crippen LogP contribution in [0.15, 0.2) is 30.0 Å². The van der Waals surface area contributed by atoms with Crippen molar-refractivity contribution in [3.8, 4) is 24.1 Å². The van der Waals surface area contributed by atoms with Gasteiger partial charge in [-0.3, -0.25) is 4.28 Å². The molecule has 0 aromatic rings.